The van der Waals surface area contributed by atoms with E-state index in [9.17, 15) is 9.90 Å². The quantitative estimate of drug-likeness (QED) is 0.835. The first-order valence-corrected chi connectivity index (χ1v) is 7.53. The lowest BCUT2D eigenvalue weighted by molar-refractivity contribution is 0.118. The maximum atomic E-state index is 12.1. The predicted molar refractivity (Wildman–Crippen MR) is 82.2 cm³/mol. The van der Waals surface area contributed by atoms with Crippen molar-refractivity contribution in [1.29, 1.82) is 0 Å². The van der Waals surface area contributed by atoms with Gasteiger partial charge in [-0.2, -0.15) is 0 Å². The number of anilines is 1. The molecule has 0 spiro atoms. The number of urea groups is 1. The van der Waals surface area contributed by atoms with Gasteiger partial charge in [-0.15, -0.1) is 11.3 Å². The molecule has 0 aromatic carbocycles. The van der Waals surface area contributed by atoms with Crippen LogP contribution in [0.15, 0.2) is 5.38 Å². The highest BCUT2D eigenvalue weighted by molar-refractivity contribution is 7.13. The van der Waals surface area contributed by atoms with Crippen LogP contribution in [0, 0.1) is 0 Å². The second-order valence-corrected chi connectivity index (χ2v) is 6.11. The van der Waals surface area contributed by atoms with Gasteiger partial charge in [0, 0.05) is 32.1 Å². The number of rotatable bonds is 6. The van der Waals surface area contributed by atoms with Gasteiger partial charge in [0.2, 0.25) is 0 Å². The molecule has 114 valence electrons. The molecule has 6 nitrogen and oxygen atoms in total. The molecule has 0 aliphatic rings. The lowest BCUT2D eigenvalue weighted by Gasteiger charge is -2.28. The summed E-state index contributed by atoms with van der Waals surface area (Å²) < 4.78 is 0. The van der Waals surface area contributed by atoms with Crippen molar-refractivity contribution in [3.05, 3.63) is 11.1 Å². The van der Waals surface area contributed by atoms with Crippen LogP contribution in [0.1, 0.15) is 26.5 Å². The molecule has 20 heavy (non-hydrogen) atoms. The van der Waals surface area contributed by atoms with Crippen LogP contribution in [0.25, 0.3) is 0 Å². The molecule has 1 rings (SSSR count). The van der Waals surface area contributed by atoms with E-state index in [0.29, 0.717) is 13.1 Å². The van der Waals surface area contributed by atoms with E-state index in [-0.39, 0.29) is 12.1 Å². The Kier molecular flexibility index (Phi) is 6.22. The van der Waals surface area contributed by atoms with E-state index in [4.69, 9.17) is 0 Å². The third-order valence-electron chi connectivity index (χ3n) is 2.69. The number of aliphatic hydroxyl groups is 1. The molecule has 1 aromatic heterocycles. The summed E-state index contributed by atoms with van der Waals surface area (Å²) in [5.41, 5.74) is 0.841. The summed E-state index contributed by atoms with van der Waals surface area (Å²) in [5, 5.41) is 15.1. The highest BCUT2D eigenvalue weighted by Crippen LogP contribution is 2.17. The molecule has 1 atom stereocenters. The number of hydrogen-bond donors (Lipinski definition) is 2. The molecule has 0 aliphatic heterocycles. The van der Waals surface area contributed by atoms with E-state index in [0.717, 1.165) is 10.8 Å². The second kappa shape index (κ2) is 7.44. The Bertz CT molecular complexity index is 432. The summed E-state index contributed by atoms with van der Waals surface area (Å²) in [4.78, 5) is 20.1. The number of hydrogen-bond acceptors (Lipinski definition) is 5. The lowest BCUT2D eigenvalue weighted by atomic mass is 10.3. The van der Waals surface area contributed by atoms with Gasteiger partial charge < -0.3 is 20.2 Å². The zero-order valence-corrected chi connectivity index (χ0v) is 13.6. The molecule has 0 saturated heterocycles. The minimum Gasteiger partial charge on any atom is -0.392 e. The number of carbonyl (C=O) groups excluding carboxylic acids is 1. The van der Waals surface area contributed by atoms with E-state index < -0.39 is 6.10 Å². The summed E-state index contributed by atoms with van der Waals surface area (Å²) in [6.45, 7) is 6.24. The first-order chi connectivity index (χ1) is 9.31. The molecule has 0 radical (unpaired) electrons. The standard InChI is InChI=1S/C13H24N4O2S/c1-9(2)17(7-10(3)18)12(19)14-6-11-8-20-13(15-11)16(4)5/h8-10,18H,6-7H2,1-5H3,(H,14,19). The number of carbonyl (C=O) groups is 1. The molecule has 2 N–H and O–H groups in total. The molecule has 1 unspecified atom stereocenters. The fraction of sp³-hybridized carbons (Fsp3) is 0.692. The number of aromatic nitrogens is 1. The number of thiazole rings is 1. The summed E-state index contributed by atoms with van der Waals surface area (Å²) in [7, 11) is 3.87. The van der Waals surface area contributed by atoms with Gasteiger partial charge in [-0.05, 0) is 20.8 Å². The lowest BCUT2D eigenvalue weighted by Crippen LogP contribution is -2.46. The highest BCUT2D eigenvalue weighted by atomic mass is 32.1. The van der Waals surface area contributed by atoms with Crippen LogP contribution in [0.4, 0.5) is 9.93 Å². The summed E-state index contributed by atoms with van der Waals surface area (Å²) in [5.74, 6) is 0. The Labute approximate surface area is 124 Å². The van der Waals surface area contributed by atoms with Gasteiger partial charge in [0.05, 0.1) is 18.3 Å². The van der Waals surface area contributed by atoms with Gasteiger partial charge in [0.1, 0.15) is 0 Å². The van der Waals surface area contributed by atoms with E-state index in [1.165, 1.54) is 0 Å². The van der Waals surface area contributed by atoms with Gasteiger partial charge in [-0.1, -0.05) is 0 Å². The molecule has 7 heteroatoms. The summed E-state index contributed by atoms with van der Waals surface area (Å²) in [6.07, 6.45) is -0.539. The normalized spacial score (nSPS) is 12.3. The first kappa shape index (κ1) is 16.7. The zero-order valence-electron chi connectivity index (χ0n) is 12.8. The average molecular weight is 300 g/mol. The van der Waals surface area contributed by atoms with Gasteiger partial charge in [0.15, 0.2) is 5.13 Å². The Hall–Kier alpha value is -1.34. The van der Waals surface area contributed by atoms with Crippen LogP contribution in [0.2, 0.25) is 0 Å². The fourth-order valence-electron chi connectivity index (χ4n) is 1.66. The zero-order chi connectivity index (χ0) is 15.3. The van der Waals surface area contributed by atoms with Crippen LogP contribution in [-0.2, 0) is 6.54 Å². The van der Waals surface area contributed by atoms with E-state index in [2.05, 4.69) is 10.3 Å². The van der Waals surface area contributed by atoms with E-state index >= 15 is 0 Å². The average Bonchev–Trinajstić information content (AvgIpc) is 2.81. The molecule has 1 aromatic rings. The largest absolute Gasteiger partial charge is 0.392 e. The third-order valence-corrected chi connectivity index (χ3v) is 3.75. The number of aliphatic hydroxyl groups excluding tert-OH is 1. The molecule has 0 aliphatic carbocycles. The highest BCUT2D eigenvalue weighted by Gasteiger charge is 2.18. The predicted octanol–water partition coefficient (Wildman–Crippen LogP) is 1.51. The Morgan fingerprint density at radius 3 is 2.55 bits per heavy atom. The van der Waals surface area contributed by atoms with Crippen LogP contribution in [0.3, 0.4) is 0 Å². The van der Waals surface area contributed by atoms with E-state index in [1.807, 2.05) is 38.2 Å². The van der Waals surface area contributed by atoms with Crippen molar-refractivity contribution in [2.45, 2.75) is 39.5 Å². The maximum absolute atomic E-state index is 12.1. The first-order valence-electron chi connectivity index (χ1n) is 6.65. The second-order valence-electron chi connectivity index (χ2n) is 5.27. The van der Waals surface area contributed by atoms with Crippen LogP contribution in [0.5, 0.6) is 0 Å². The van der Waals surface area contributed by atoms with Crippen molar-refractivity contribution >= 4 is 22.5 Å². The van der Waals surface area contributed by atoms with Gasteiger partial charge in [0.25, 0.3) is 0 Å². The topological polar surface area (TPSA) is 68.7 Å². The van der Waals surface area contributed by atoms with Crippen molar-refractivity contribution < 1.29 is 9.90 Å². The van der Waals surface area contributed by atoms with Gasteiger partial charge >= 0.3 is 6.03 Å². The Morgan fingerprint density at radius 2 is 2.10 bits per heavy atom. The van der Waals surface area contributed by atoms with Crippen LogP contribution < -0.4 is 10.2 Å². The Balaban J connectivity index is 2.55. The molecule has 2 amide bonds. The van der Waals surface area contributed by atoms with Crippen LogP contribution in [-0.4, -0.2) is 53.8 Å². The van der Waals surface area contributed by atoms with Crippen molar-refractivity contribution in [2.75, 3.05) is 25.5 Å². The summed E-state index contributed by atoms with van der Waals surface area (Å²) >= 11 is 1.54. The van der Waals surface area contributed by atoms with E-state index in [1.54, 1.807) is 23.2 Å². The minimum atomic E-state index is -0.539. The minimum absolute atomic E-state index is 0.0392. The molecular weight excluding hydrogens is 276 g/mol. The monoisotopic (exact) mass is 300 g/mol. The van der Waals surface area contributed by atoms with Crippen molar-refractivity contribution in [1.82, 2.24) is 15.2 Å². The van der Waals surface area contributed by atoms with Gasteiger partial charge in [-0.25, -0.2) is 9.78 Å². The SMILES string of the molecule is CC(O)CN(C(=O)NCc1csc(N(C)C)n1)C(C)C. The third kappa shape index (κ3) is 4.97. The maximum Gasteiger partial charge on any atom is 0.318 e. The Morgan fingerprint density at radius 1 is 1.45 bits per heavy atom. The smallest absolute Gasteiger partial charge is 0.318 e. The molecular formula is C13H24N4O2S. The van der Waals surface area contributed by atoms with Crippen molar-refractivity contribution in [2.24, 2.45) is 0 Å². The van der Waals surface area contributed by atoms with Gasteiger partial charge in [-0.3, -0.25) is 0 Å². The van der Waals surface area contributed by atoms with Crippen molar-refractivity contribution in [3.63, 3.8) is 0 Å². The molecule has 0 bridgehead atoms. The number of nitrogens with one attached hydrogen (secondary N) is 1. The molecule has 0 fully saturated rings. The summed E-state index contributed by atoms with van der Waals surface area (Å²) in [6, 6.07) is -0.141. The molecule has 0 saturated carbocycles. The van der Waals surface area contributed by atoms with Crippen molar-refractivity contribution in [3.8, 4) is 0 Å². The van der Waals surface area contributed by atoms with Crippen LogP contribution >= 0.6 is 11.3 Å². The fourth-order valence-corrected chi connectivity index (χ4v) is 2.42. The number of nitrogens with zero attached hydrogens (tertiary/aromatic N) is 3. The molecule has 1 heterocycles. The number of amides is 2.